The number of nitrogens with zero attached hydrogens (tertiary/aromatic N) is 5. The van der Waals surface area contributed by atoms with Gasteiger partial charge in [-0.1, -0.05) is 60.7 Å². The number of tetrazole rings is 1. The van der Waals surface area contributed by atoms with E-state index >= 15 is 0 Å². The van der Waals surface area contributed by atoms with Gasteiger partial charge in [0.2, 0.25) is 5.16 Å². The van der Waals surface area contributed by atoms with Crippen molar-refractivity contribution in [1.82, 2.24) is 25.2 Å². The first kappa shape index (κ1) is 15.0. The van der Waals surface area contributed by atoms with E-state index in [-0.39, 0.29) is 0 Å². The average Bonchev–Trinajstić information content (AvgIpc) is 3.27. The minimum absolute atomic E-state index is 0.611. The van der Waals surface area contributed by atoms with Crippen LogP contribution in [0.15, 0.2) is 75.5 Å². The highest BCUT2D eigenvalue weighted by molar-refractivity contribution is 8.00. The van der Waals surface area contributed by atoms with Crippen LogP contribution in [-0.4, -0.2) is 25.2 Å². The fourth-order valence-electron chi connectivity index (χ4n) is 2.21. The molecule has 2 aromatic carbocycles. The molecule has 0 aliphatic carbocycles. The van der Waals surface area contributed by atoms with Crippen LogP contribution in [0.5, 0.6) is 0 Å². The summed E-state index contributed by atoms with van der Waals surface area (Å²) in [5, 5.41) is 15.3. The van der Waals surface area contributed by atoms with Crippen molar-refractivity contribution in [2.24, 2.45) is 0 Å². The zero-order valence-corrected chi connectivity index (χ0v) is 14.2. The summed E-state index contributed by atoms with van der Waals surface area (Å²) < 4.78 is 0.910. The normalized spacial score (nSPS) is 10.8. The van der Waals surface area contributed by atoms with Crippen LogP contribution in [-0.2, 0) is 6.54 Å². The number of benzene rings is 2. The zero-order chi connectivity index (χ0) is 16.2. The lowest BCUT2D eigenvalue weighted by Gasteiger charge is -1.97. The Labute approximate surface area is 147 Å². The molecule has 0 saturated carbocycles. The summed E-state index contributed by atoms with van der Waals surface area (Å²) in [6.45, 7) is 0.613. The fourth-order valence-corrected chi connectivity index (χ4v) is 3.83. The third kappa shape index (κ3) is 3.52. The highest BCUT2D eigenvalue weighted by Gasteiger charge is 2.10. The Morgan fingerprint density at radius 3 is 2.50 bits per heavy atom. The third-order valence-electron chi connectivity index (χ3n) is 3.33. The van der Waals surface area contributed by atoms with Crippen molar-refractivity contribution in [3.8, 4) is 11.3 Å². The maximum absolute atomic E-state index is 4.63. The molecule has 4 rings (SSSR count). The summed E-state index contributed by atoms with van der Waals surface area (Å²) in [6, 6.07) is 20.2. The summed E-state index contributed by atoms with van der Waals surface area (Å²) in [4.78, 5) is 6.23. The number of aromatic nitrogens is 5. The Balaban J connectivity index is 1.46. The topological polar surface area (TPSA) is 56.5 Å². The molecule has 0 amide bonds. The van der Waals surface area contributed by atoms with Crippen molar-refractivity contribution in [3.05, 3.63) is 71.6 Å². The number of thiazole rings is 1. The fraction of sp³-hybridized carbons (Fsp3) is 0.0588. The van der Waals surface area contributed by atoms with Gasteiger partial charge in [-0.3, -0.25) is 0 Å². The Bertz CT molecular complexity index is 918. The van der Waals surface area contributed by atoms with Crippen molar-refractivity contribution < 1.29 is 0 Å². The molecule has 7 heteroatoms. The standard InChI is InChI=1S/C17H13N5S2/c1-3-7-13(8-4-1)11-22-20-16(19-21-22)24-17-18-15(12-23-17)14-9-5-2-6-10-14/h1-10,12H,11H2. The van der Waals surface area contributed by atoms with E-state index in [0.717, 1.165) is 21.2 Å². The van der Waals surface area contributed by atoms with Gasteiger partial charge >= 0.3 is 0 Å². The molecule has 2 aromatic heterocycles. The Kier molecular flexibility index (Phi) is 4.35. The largest absolute Gasteiger partial charge is 0.238 e. The maximum Gasteiger partial charge on any atom is 0.238 e. The van der Waals surface area contributed by atoms with Crippen molar-refractivity contribution >= 4 is 23.1 Å². The Morgan fingerprint density at radius 1 is 0.958 bits per heavy atom. The van der Waals surface area contributed by atoms with Gasteiger partial charge in [0.05, 0.1) is 12.2 Å². The molecule has 0 aliphatic rings. The van der Waals surface area contributed by atoms with Gasteiger partial charge in [-0.05, 0) is 22.5 Å². The number of hydrogen-bond donors (Lipinski definition) is 0. The van der Waals surface area contributed by atoms with Crippen LogP contribution >= 0.6 is 23.1 Å². The van der Waals surface area contributed by atoms with E-state index in [9.17, 15) is 0 Å². The molecular weight excluding hydrogens is 338 g/mol. The first-order valence-electron chi connectivity index (χ1n) is 7.37. The zero-order valence-electron chi connectivity index (χ0n) is 12.6. The second-order valence-electron chi connectivity index (χ2n) is 5.05. The number of hydrogen-bond acceptors (Lipinski definition) is 6. The summed E-state index contributed by atoms with van der Waals surface area (Å²) in [7, 11) is 0. The molecule has 0 radical (unpaired) electrons. The molecule has 0 saturated heterocycles. The second kappa shape index (κ2) is 6.94. The summed E-state index contributed by atoms with van der Waals surface area (Å²) >= 11 is 3.02. The van der Waals surface area contributed by atoms with E-state index in [4.69, 9.17) is 0 Å². The summed E-state index contributed by atoms with van der Waals surface area (Å²) in [5.74, 6) is 0. The highest BCUT2D eigenvalue weighted by Crippen LogP contribution is 2.31. The van der Waals surface area contributed by atoms with E-state index in [1.807, 2.05) is 53.9 Å². The van der Waals surface area contributed by atoms with Crippen molar-refractivity contribution in [1.29, 1.82) is 0 Å². The highest BCUT2D eigenvalue weighted by atomic mass is 32.2. The molecule has 24 heavy (non-hydrogen) atoms. The van der Waals surface area contributed by atoms with Gasteiger partial charge in [-0.25, -0.2) is 4.98 Å². The van der Waals surface area contributed by atoms with Crippen molar-refractivity contribution in [2.75, 3.05) is 0 Å². The van der Waals surface area contributed by atoms with Gasteiger partial charge in [0.25, 0.3) is 0 Å². The van der Waals surface area contributed by atoms with Crippen LogP contribution in [0.1, 0.15) is 5.56 Å². The molecule has 0 N–H and O–H groups in total. The molecule has 0 unspecified atom stereocenters. The molecule has 0 bridgehead atoms. The predicted octanol–water partition coefficient (Wildman–Crippen LogP) is 4.00. The van der Waals surface area contributed by atoms with E-state index in [2.05, 4.69) is 32.5 Å². The minimum Gasteiger partial charge on any atom is -0.229 e. The molecule has 4 aromatic rings. The quantitative estimate of drug-likeness (QED) is 0.544. The lowest BCUT2D eigenvalue weighted by Crippen LogP contribution is -2.03. The molecule has 0 fully saturated rings. The first-order chi connectivity index (χ1) is 11.9. The molecule has 2 heterocycles. The SMILES string of the molecule is c1ccc(Cn2nnc(Sc3nc(-c4ccccc4)cs3)n2)cc1. The van der Waals surface area contributed by atoms with Crippen LogP contribution in [0.4, 0.5) is 0 Å². The first-order valence-corrected chi connectivity index (χ1v) is 9.07. The molecular formula is C17H13N5S2. The van der Waals surface area contributed by atoms with Gasteiger partial charge in [0, 0.05) is 10.9 Å². The van der Waals surface area contributed by atoms with Gasteiger partial charge in [-0.15, -0.1) is 21.5 Å². The van der Waals surface area contributed by atoms with Crippen LogP contribution < -0.4 is 0 Å². The maximum atomic E-state index is 4.63. The molecule has 118 valence electrons. The van der Waals surface area contributed by atoms with Crippen LogP contribution in [0.2, 0.25) is 0 Å². The summed E-state index contributed by atoms with van der Waals surface area (Å²) in [6.07, 6.45) is 0. The van der Waals surface area contributed by atoms with Crippen LogP contribution in [0.3, 0.4) is 0 Å². The number of rotatable bonds is 5. The Hall–Kier alpha value is -2.51. The van der Waals surface area contributed by atoms with Gasteiger partial charge < -0.3 is 0 Å². The predicted molar refractivity (Wildman–Crippen MR) is 95.0 cm³/mol. The average molecular weight is 351 g/mol. The molecule has 0 aliphatic heterocycles. The lowest BCUT2D eigenvalue weighted by molar-refractivity contribution is 0.569. The lowest BCUT2D eigenvalue weighted by atomic mass is 10.2. The smallest absolute Gasteiger partial charge is 0.229 e. The second-order valence-corrected chi connectivity index (χ2v) is 7.13. The van der Waals surface area contributed by atoms with E-state index in [1.165, 1.54) is 11.8 Å². The van der Waals surface area contributed by atoms with Crippen LogP contribution in [0, 0.1) is 0 Å². The Morgan fingerprint density at radius 2 is 1.71 bits per heavy atom. The molecule has 0 atom stereocenters. The third-order valence-corrected chi connectivity index (χ3v) is 5.12. The van der Waals surface area contributed by atoms with Gasteiger partial charge in [0.1, 0.15) is 0 Å². The molecule has 0 spiro atoms. The minimum atomic E-state index is 0.611. The summed E-state index contributed by atoms with van der Waals surface area (Å²) in [5.41, 5.74) is 3.23. The van der Waals surface area contributed by atoms with Gasteiger partial charge in [-0.2, -0.15) is 4.80 Å². The van der Waals surface area contributed by atoms with Crippen LogP contribution in [0.25, 0.3) is 11.3 Å². The monoisotopic (exact) mass is 351 g/mol. The van der Waals surface area contributed by atoms with Crippen molar-refractivity contribution in [2.45, 2.75) is 16.0 Å². The molecule has 5 nitrogen and oxygen atoms in total. The van der Waals surface area contributed by atoms with E-state index < -0.39 is 0 Å². The van der Waals surface area contributed by atoms with Gasteiger partial charge in [0.15, 0.2) is 4.34 Å². The van der Waals surface area contributed by atoms with E-state index in [1.54, 1.807) is 16.1 Å². The van der Waals surface area contributed by atoms with Crippen molar-refractivity contribution in [3.63, 3.8) is 0 Å². The van der Waals surface area contributed by atoms with E-state index in [0.29, 0.717) is 11.7 Å².